The molecule has 23 heavy (non-hydrogen) atoms. The number of carbonyl (C=O) groups is 2. The third-order valence-electron chi connectivity index (χ3n) is 6.10. The molecular formula is C19H23NO3. The molecule has 0 unspecified atom stereocenters. The smallest absolute Gasteiger partial charge is 0.337 e. The zero-order valence-corrected chi connectivity index (χ0v) is 13.5. The monoisotopic (exact) mass is 313 g/mol. The summed E-state index contributed by atoms with van der Waals surface area (Å²) < 4.78 is 4.69. The molecular weight excluding hydrogens is 290 g/mol. The number of methoxy groups -OCH3 is 1. The highest BCUT2D eigenvalue weighted by Gasteiger charge is 2.50. The second kappa shape index (κ2) is 5.66. The quantitative estimate of drug-likeness (QED) is 0.869. The minimum atomic E-state index is -0.357. The van der Waals surface area contributed by atoms with Crippen molar-refractivity contribution < 1.29 is 14.3 Å². The molecule has 4 aliphatic rings. The van der Waals surface area contributed by atoms with Gasteiger partial charge < -0.3 is 10.1 Å². The fourth-order valence-corrected chi connectivity index (χ4v) is 5.39. The molecule has 4 nitrogen and oxygen atoms in total. The molecule has 0 spiro atoms. The molecule has 122 valence electrons. The van der Waals surface area contributed by atoms with Crippen LogP contribution in [0.15, 0.2) is 24.3 Å². The number of ether oxygens (including phenoxy) is 1. The molecule has 0 aromatic heterocycles. The summed E-state index contributed by atoms with van der Waals surface area (Å²) in [7, 11) is 1.37. The normalized spacial score (nSPS) is 34.2. The third kappa shape index (κ3) is 2.64. The van der Waals surface area contributed by atoms with Crippen molar-refractivity contribution in [1.82, 2.24) is 0 Å². The highest BCUT2D eigenvalue weighted by Crippen LogP contribution is 2.56. The third-order valence-corrected chi connectivity index (χ3v) is 6.10. The number of carbonyl (C=O) groups excluding carboxylic acids is 2. The van der Waals surface area contributed by atoms with Crippen LogP contribution in [-0.2, 0) is 9.53 Å². The largest absolute Gasteiger partial charge is 0.465 e. The van der Waals surface area contributed by atoms with E-state index >= 15 is 0 Å². The van der Waals surface area contributed by atoms with Crippen LogP contribution in [0.1, 0.15) is 42.5 Å². The first kappa shape index (κ1) is 14.7. The molecule has 5 rings (SSSR count). The highest BCUT2D eigenvalue weighted by molar-refractivity contribution is 5.94. The number of nitrogens with one attached hydrogen (secondary N) is 1. The van der Waals surface area contributed by atoms with E-state index < -0.39 is 0 Å². The maximum Gasteiger partial charge on any atom is 0.337 e. The number of anilines is 1. The van der Waals surface area contributed by atoms with Gasteiger partial charge in [0.25, 0.3) is 0 Å². The van der Waals surface area contributed by atoms with Gasteiger partial charge in [-0.2, -0.15) is 0 Å². The van der Waals surface area contributed by atoms with Crippen LogP contribution >= 0.6 is 0 Å². The Balaban J connectivity index is 1.45. The Labute approximate surface area is 136 Å². The van der Waals surface area contributed by atoms with Crippen LogP contribution in [-0.4, -0.2) is 19.0 Å². The first-order valence-electron chi connectivity index (χ1n) is 8.63. The van der Waals surface area contributed by atoms with Crippen LogP contribution in [0.2, 0.25) is 0 Å². The summed E-state index contributed by atoms with van der Waals surface area (Å²) >= 11 is 0. The van der Waals surface area contributed by atoms with Crippen molar-refractivity contribution in [3.8, 4) is 0 Å². The standard InChI is InChI=1S/C19H23NO3/c1-23-19(22)13-2-4-16(5-3-13)20-18(21)17-14-7-11-6-12(9-14)10-15(17)8-11/h2-5,11-12,14-15,17H,6-10H2,1H3,(H,20,21). The van der Waals surface area contributed by atoms with E-state index in [4.69, 9.17) is 4.74 Å². The second-order valence-electron chi connectivity index (χ2n) is 7.51. The van der Waals surface area contributed by atoms with E-state index in [-0.39, 0.29) is 17.8 Å². The van der Waals surface area contributed by atoms with Gasteiger partial charge in [0, 0.05) is 11.6 Å². The van der Waals surface area contributed by atoms with Crippen molar-refractivity contribution in [3.05, 3.63) is 29.8 Å². The van der Waals surface area contributed by atoms with Crippen molar-refractivity contribution in [2.75, 3.05) is 12.4 Å². The lowest BCUT2D eigenvalue weighted by Crippen LogP contribution is -2.49. The average molecular weight is 313 g/mol. The van der Waals surface area contributed by atoms with Crippen LogP contribution in [0.4, 0.5) is 5.69 Å². The molecule has 0 aliphatic heterocycles. The van der Waals surface area contributed by atoms with E-state index in [1.165, 1.54) is 39.2 Å². The molecule has 4 fully saturated rings. The Hall–Kier alpha value is -1.84. The summed E-state index contributed by atoms with van der Waals surface area (Å²) in [6.45, 7) is 0. The van der Waals surface area contributed by atoms with Crippen molar-refractivity contribution in [1.29, 1.82) is 0 Å². The Morgan fingerprint density at radius 1 is 0.957 bits per heavy atom. The summed E-state index contributed by atoms with van der Waals surface area (Å²) in [5.41, 5.74) is 1.26. The maximum absolute atomic E-state index is 12.8. The van der Waals surface area contributed by atoms with Crippen molar-refractivity contribution in [2.24, 2.45) is 29.6 Å². The maximum atomic E-state index is 12.8. The van der Waals surface area contributed by atoms with E-state index in [1.807, 2.05) is 0 Å². The summed E-state index contributed by atoms with van der Waals surface area (Å²) in [5.74, 6) is 2.92. The fourth-order valence-electron chi connectivity index (χ4n) is 5.39. The molecule has 1 N–H and O–H groups in total. The van der Waals surface area contributed by atoms with Crippen LogP contribution in [0.3, 0.4) is 0 Å². The lowest BCUT2D eigenvalue weighted by atomic mass is 9.51. The van der Waals surface area contributed by atoms with E-state index in [0.29, 0.717) is 17.4 Å². The Morgan fingerprint density at radius 3 is 2.04 bits per heavy atom. The van der Waals surface area contributed by atoms with Crippen molar-refractivity contribution in [2.45, 2.75) is 32.1 Å². The van der Waals surface area contributed by atoms with Gasteiger partial charge in [0.2, 0.25) is 5.91 Å². The van der Waals surface area contributed by atoms with E-state index in [0.717, 1.165) is 17.5 Å². The SMILES string of the molecule is COC(=O)c1ccc(NC(=O)C2C3CC4CC(C3)CC2C4)cc1. The molecule has 0 heterocycles. The number of rotatable bonds is 3. The minimum Gasteiger partial charge on any atom is -0.465 e. The zero-order valence-electron chi connectivity index (χ0n) is 13.5. The second-order valence-corrected chi connectivity index (χ2v) is 7.51. The van der Waals surface area contributed by atoms with E-state index in [2.05, 4.69) is 5.32 Å². The van der Waals surface area contributed by atoms with E-state index in [1.54, 1.807) is 24.3 Å². The molecule has 1 amide bonds. The van der Waals surface area contributed by atoms with Crippen LogP contribution < -0.4 is 5.32 Å². The van der Waals surface area contributed by atoms with Gasteiger partial charge in [-0.1, -0.05) is 0 Å². The minimum absolute atomic E-state index is 0.171. The molecule has 4 bridgehead atoms. The molecule has 4 heteroatoms. The molecule has 1 aromatic carbocycles. The Morgan fingerprint density at radius 2 is 1.52 bits per heavy atom. The van der Waals surface area contributed by atoms with E-state index in [9.17, 15) is 9.59 Å². The van der Waals surface area contributed by atoms with Crippen LogP contribution in [0.5, 0.6) is 0 Å². The van der Waals surface area contributed by atoms with Gasteiger partial charge in [0.05, 0.1) is 12.7 Å². The molecule has 0 saturated heterocycles. The van der Waals surface area contributed by atoms with Crippen molar-refractivity contribution in [3.63, 3.8) is 0 Å². The van der Waals surface area contributed by atoms with Gasteiger partial charge in [-0.3, -0.25) is 4.79 Å². The summed E-state index contributed by atoms with van der Waals surface area (Å²) in [6.07, 6.45) is 6.37. The average Bonchev–Trinajstić information content (AvgIpc) is 2.54. The van der Waals surface area contributed by atoms with Gasteiger partial charge in [-0.15, -0.1) is 0 Å². The van der Waals surface area contributed by atoms with Gasteiger partial charge in [0.15, 0.2) is 0 Å². The van der Waals surface area contributed by atoms with Gasteiger partial charge in [-0.05, 0) is 80.0 Å². The topological polar surface area (TPSA) is 55.4 Å². The number of hydrogen-bond acceptors (Lipinski definition) is 3. The first-order chi connectivity index (χ1) is 11.1. The molecule has 4 saturated carbocycles. The number of esters is 1. The Bertz CT molecular complexity index is 594. The molecule has 1 aromatic rings. The fraction of sp³-hybridized carbons (Fsp3) is 0.579. The molecule has 4 aliphatic carbocycles. The summed E-state index contributed by atoms with van der Waals surface area (Å²) in [6, 6.07) is 6.94. The van der Waals surface area contributed by atoms with Crippen molar-refractivity contribution >= 4 is 17.6 Å². The van der Waals surface area contributed by atoms with Crippen LogP contribution in [0, 0.1) is 29.6 Å². The Kier molecular flexibility index (Phi) is 3.63. The lowest BCUT2D eigenvalue weighted by Gasteiger charge is -2.53. The summed E-state index contributed by atoms with van der Waals surface area (Å²) in [5, 5.41) is 3.06. The number of amides is 1. The summed E-state index contributed by atoms with van der Waals surface area (Å²) in [4.78, 5) is 24.2. The van der Waals surface area contributed by atoms with Crippen LogP contribution in [0.25, 0.3) is 0 Å². The van der Waals surface area contributed by atoms with Gasteiger partial charge in [-0.25, -0.2) is 4.79 Å². The lowest BCUT2D eigenvalue weighted by molar-refractivity contribution is -0.132. The predicted octanol–water partition coefficient (Wildman–Crippen LogP) is 3.48. The number of benzene rings is 1. The molecule has 0 radical (unpaired) electrons. The molecule has 0 atom stereocenters. The highest BCUT2D eigenvalue weighted by atomic mass is 16.5. The van der Waals surface area contributed by atoms with Gasteiger partial charge in [0.1, 0.15) is 0 Å². The first-order valence-corrected chi connectivity index (χ1v) is 8.63. The zero-order chi connectivity index (χ0) is 16.0. The van der Waals surface area contributed by atoms with Gasteiger partial charge >= 0.3 is 5.97 Å². The number of hydrogen-bond donors (Lipinski definition) is 1. The predicted molar refractivity (Wildman–Crippen MR) is 86.9 cm³/mol.